The van der Waals surface area contributed by atoms with E-state index in [0.717, 1.165) is 0 Å². The van der Waals surface area contributed by atoms with Gasteiger partial charge in [-0.2, -0.15) is 0 Å². The third-order valence-corrected chi connectivity index (χ3v) is 2.25. The molecular formula is C11H20N2O4. The van der Waals surface area contributed by atoms with Crippen LogP contribution in [0.25, 0.3) is 0 Å². The number of hydrogen-bond donors (Lipinski definition) is 1. The first-order valence-corrected chi connectivity index (χ1v) is 5.66. The van der Waals surface area contributed by atoms with Gasteiger partial charge in [0, 0.05) is 13.1 Å². The zero-order valence-corrected chi connectivity index (χ0v) is 10.6. The Morgan fingerprint density at radius 1 is 1.29 bits per heavy atom. The molecular weight excluding hydrogens is 224 g/mol. The van der Waals surface area contributed by atoms with E-state index in [2.05, 4.69) is 0 Å². The fourth-order valence-corrected chi connectivity index (χ4v) is 1.45. The zero-order chi connectivity index (χ0) is 13.1. The lowest BCUT2D eigenvalue weighted by molar-refractivity contribution is -0.161. The summed E-state index contributed by atoms with van der Waals surface area (Å²) in [6.45, 7) is 7.09. The molecule has 1 fully saturated rings. The summed E-state index contributed by atoms with van der Waals surface area (Å²) in [5, 5.41) is 0. The van der Waals surface area contributed by atoms with Crippen LogP contribution in [-0.2, 0) is 19.1 Å². The molecule has 0 aromatic rings. The van der Waals surface area contributed by atoms with E-state index in [-0.39, 0.29) is 0 Å². The van der Waals surface area contributed by atoms with Gasteiger partial charge in [0.25, 0.3) is 5.91 Å². The van der Waals surface area contributed by atoms with Gasteiger partial charge in [-0.15, -0.1) is 0 Å². The summed E-state index contributed by atoms with van der Waals surface area (Å²) in [6, 6.07) is -1.24. The highest BCUT2D eigenvalue weighted by Gasteiger charge is 2.31. The Bertz CT molecular complexity index is 292. The number of amides is 1. The Morgan fingerprint density at radius 3 is 2.29 bits per heavy atom. The molecule has 1 saturated heterocycles. The number of morpholine rings is 1. The standard InChI is InChI=1S/C11H20N2O4/c1-11(2,3)17-10(15)8(12)9(14)13-4-6-16-7-5-13/h8H,4-7,12H2,1-3H3. The molecule has 98 valence electrons. The Hall–Kier alpha value is -1.14. The molecule has 17 heavy (non-hydrogen) atoms. The lowest BCUT2D eigenvalue weighted by Gasteiger charge is -2.29. The molecule has 1 amide bonds. The van der Waals surface area contributed by atoms with Crippen molar-refractivity contribution in [3.05, 3.63) is 0 Å². The van der Waals surface area contributed by atoms with Gasteiger partial charge in [0.2, 0.25) is 0 Å². The molecule has 6 nitrogen and oxygen atoms in total. The molecule has 1 aliphatic heterocycles. The minimum absolute atomic E-state index is 0.400. The summed E-state index contributed by atoms with van der Waals surface area (Å²) in [6.07, 6.45) is 0. The van der Waals surface area contributed by atoms with Crippen LogP contribution in [0.3, 0.4) is 0 Å². The molecule has 1 rings (SSSR count). The third-order valence-electron chi connectivity index (χ3n) is 2.25. The van der Waals surface area contributed by atoms with Crippen molar-refractivity contribution in [2.24, 2.45) is 5.73 Å². The molecule has 0 saturated carbocycles. The van der Waals surface area contributed by atoms with Gasteiger partial charge in [0.15, 0.2) is 6.04 Å². The van der Waals surface area contributed by atoms with Crippen molar-refractivity contribution in [3.8, 4) is 0 Å². The quantitative estimate of drug-likeness (QED) is 0.524. The maximum Gasteiger partial charge on any atom is 0.333 e. The van der Waals surface area contributed by atoms with Crippen molar-refractivity contribution in [1.82, 2.24) is 4.90 Å². The van der Waals surface area contributed by atoms with Crippen LogP contribution >= 0.6 is 0 Å². The van der Waals surface area contributed by atoms with E-state index in [0.29, 0.717) is 26.3 Å². The largest absolute Gasteiger partial charge is 0.458 e. The van der Waals surface area contributed by atoms with Gasteiger partial charge in [0.1, 0.15) is 5.60 Å². The number of hydrogen-bond acceptors (Lipinski definition) is 5. The summed E-state index contributed by atoms with van der Waals surface area (Å²) < 4.78 is 10.2. The van der Waals surface area contributed by atoms with Crippen molar-refractivity contribution in [2.45, 2.75) is 32.4 Å². The highest BCUT2D eigenvalue weighted by molar-refractivity contribution is 6.01. The SMILES string of the molecule is CC(C)(C)OC(=O)C(N)C(=O)N1CCOCC1. The topological polar surface area (TPSA) is 81.9 Å². The van der Waals surface area contributed by atoms with Crippen molar-refractivity contribution in [1.29, 1.82) is 0 Å². The van der Waals surface area contributed by atoms with Gasteiger partial charge in [0.05, 0.1) is 13.2 Å². The van der Waals surface area contributed by atoms with Crippen LogP contribution in [-0.4, -0.2) is 54.7 Å². The maximum atomic E-state index is 11.9. The van der Waals surface area contributed by atoms with Gasteiger partial charge in [-0.05, 0) is 20.8 Å². The van der Waals surface area contributed by atoms with Crippen LogP contribution in [0.5, 0.6) is 0 Å². The number of carbonyl (C=O) groups excluding carboxylic acids is 2. The molecule has 6 heteroatoms. The first kappa shape index (κ1) is 13.9. The van der Waals surface area contributed by atoms with E-state index in [1.165, 1.54) is 4.90 Å². The number of ether oxygens (including phenoxy) is 2. The molecule has 1 heterocycles. The molecule has 1 atom stereocenters. The average molecular weight is 244 g/mol. The van der Waals surface area contributed by atoms with E-state index >= 15 is 0 Å². The molecule has 0 aromatic heterocycles. The second-order valence-electron chi connectivity index (χ2n) is 4.95. The fourth-order valence-electron chi connectivity index (χ4n) is 1.45. The van der Waals surface area contributed by atoms with Gasteiger partial charge in [-0.1, -0.05) is 0 Å². The number of nitrogens with zero attached hydrogens (tertiary/aromatic N) is 1. The highest BCUT2D eigenvalue weighted by Crippen LogP contribution is 2.09. The number of rotatable bonds is 2. The third kappa shape index (κ3) is 4.32. The van der Waals surface area contributed by atoms with Gasteiger partial charge in [-0.3, -0.25) is 4.79 Å². The lowest BCUT2D eigenvalue weighted by atomic mass is 10.2. The molecule has 0 spiro atoms. The van der Waals surface area contributed by atoms with Gasteiger partial charge >= 0.3 is 5.97 Å². The average Bonchev–Trinajstić information content (AvgIpc) is 2.26. The molecule has 1 aliphatic rings. The highest BCUT2D eigenvalue weighted by atomic mass is 16.6. The predicted molar refractivity (Wildman–Crippen MR) is 61.2 cm³/mol. The van der Waals surface area contributed by atoms with E-state index in [9.17, 15) is 9.59 Å². The summed E-state index contributed by atoms with van der Waals surface area (Å²) >= 11 is 0. The van der Waals surface area contributed by atoms with Crippen LogP contribution in [0, 0.1) is 0 Å². The van der Waals surface area contributed by atoms with E-state index in [1.54, 1.807) is 20.8 Å². The van der Waals surface area contributed by atoms with Crippen molar-refractivity contribution in [2.75, 3.05) is 26.3 Å². The Balaban J connectivity index is 2.53. The second-order valence-corrected chi connectivity index (χ2v) is 4.95. The Kier molecular flexibility index (Phi) is 4.47. The summed E-state index contributed by atoms with van der Waals surface area (Å²) in [7, 11) is 0. The van der Waals surface area contributed by atoms with Crippen LogP contribution < -0.4 is 5.73 Å². The summed E-state index contributed by atoms with van der Waals surface area (Å²) in [5.74, 6) is -1.09. The Morgan fingerprint density at radius 2 is 1.82 bits per heavy atom. The van der Waals surface area contributed by atoms with Crippen LogP contribution in [0.4, 0.5) is 0 Å². The number of esters is 1. The molecule has 0 bridgehead atoms. The fraction of sp³-hybridized carbons (Fsp3) is 0.818. The molecule has 0 aliphatic carbocycles. The first-order valence-electron chi connectivity index (χ1n) is 5.66. The van der Waals surface area contributed by atoms with E-state index < -0.39 is 23.5 Å². The first-order chi connectivity index (χ1) is 7.81. The van der Waals surface area contributed by atoms with E-state index in [1.807, 2.05) is 0 Å². The summed E-state index contributed by atoms with van der Waals surface area (Å²) in [4.78, 5) is 25.0. The van der Waals surface area contributed by atoms with Crippen LogP contribution in [0.2, 0.25) is 0 Å². The summed E-state index contributed by atoms with van der Waals surface area (Å²) in [5.41, 5.74) is 4.95. The molecule has 2 N–H and O–H groups in total. The Labute approximate surface area is 101 Å². The second kappa shape index (κ2) is 5.46. The zero-order valence-electron chi connectivity index (χ0n) is 10.6. The molecule has 0 radical (unpaired) electrons. The van der Waals surface area contributed by atoms with Crippen LogP contribution in [0.15, 0.2) is 0 Å². The smallest absolute Gasteiger partial charge is 0.333 e. The van der Waals surface area contributed by atoms with Crippen molar-refractivity contribution < 1.29 is 19.1 Å². The number of carbonyl (C=O) groups is 2. The normalized spacial score (nSPS) is 18.7. The predicted octanol–water partition coefficient (Wildman–Crippen LogP) is -0.486. The van der Waals surface area contributed by atoms with Gasteiger partial charge < -0.3 is 20.1 Å². The van der Waals surface area contributed by atoms with E-state index in [4.69, 9.17) is 15.2 Å². The monoisotopic (exact) mass is 244 g/mol. The van der Waals surface area contributed by atoms with Gasteiger partial charge in [-0.25, -0.2) is 4.79 Å². The van der Waals surface area contributed by atoms with Crippen molar-refractivity contribution >= 4 is 11.9 Å². The minimum atomic E-state index is -1.24. The minimum Gasteiger partial charge on any atom is -0.458 e. The lowest BCUT2D eigenvalue weighted by Crippen LogP contribution is -2.53. The number of nitrogens with two attached hydrogens (primary N) is 1. The van der Waals surface area contributed by atoms with Crippen molar-refractivity contribution in [3.63, 3.8) is 0 Å². The molecule has 0 aromatic carbocycles. The maximum absolute atomic E-state index is 11.9. The van der Waals surface area contributed by atoms with Crippen LogP contribution in [0.1, 0.15) is 20.8 Å². The molecule has 1 unspecified atom stereocenters.